The number of ether oxygens (including phenoxy) is 4. The number of nitrogens with one attached hydrogen (secondary N) is 2. The minimum absolute atomic E-state index is 0.0353. The topological polar surface area (TPSA) is 132 Å². The van der Waals surface area contributed by atoms with Gasteiger partial charge in [-0.1, -0.05) is 0 Å². The van der Waals surface area contributed by atoms with Crippen LogP contribution in [0.4, 0.5) is 10.5 Å². The minimum atomic E-state index is -0.772. The van der Waals surface area contributed by atoms with Gasteiger partial charge in [0.2, 0.25) is 5.91 Å². The number of carbonyl (C=O) groups is 4. The lowest BCUT2D eigenvalue weighted by molar-refractivity contribution is -0.152. The lowest BCUT2D eigenvalue weighted by Gasteiger charge is -2.22. The number of esters is 1. The molecule has 2 heterocycles. The molecular weight excluding hydrogens is 398 g/mol. The van der Waals surface area contributed by atoms with Crippen LogP contribution in [0.2, 0.25) is 0 Å². The van der Waals surface area contributed by atoms with Crippen molar-refractivity contribution >= 4 is 29.5 Å². The fourth-order valence-electron chi connectivity index (χ4n) is 3.04. The molecule has 1 saturated heterocycles. The third-order valence-electron chi connectivity index (χ3n) is 4.49. The number of methoxy groups -OCH3 is 1. The molecule has 1 fully saturated rings. The highest BCUT2D eigenvalue weighted by Crippen LogP contribution is 2.36. The Morgan fingerprint density at radius 2 is 1.97 bits per heavy atom. The van der Waals surface area contributed by atoms with Crippen LogP contribution in [-0.4, -0.2) is 70.4 Å². The molecule has 0 aromatic heterocycles. The van der Waals surface area contributed by atoms with Crippen LogP contribution >= 0.6 is 0 Å². The van der Waals surface area contributed by atoms with Crippen LogP contribution in [-0.2, 0) is 23.9 Å². The molecule has 1 unspecified atom stereocenters. The van der Waals surface area contributed by atoms with Gasteiger partial charge in [-0.15, -0.1) is 0 Å². The molecule has 0 spiro atoms. The summed E-state index contributed by atoms with van der Waals surface area (Å²) in [7, 11) is 1.48. The van der Waals surface area contributed by atoms with Crippen molar-refractivity contribution in [2.45, 2.75) is 6.42 Å². The highest BCUT2D eigenvalue weighted by molar-refractivity contribution is 6.00. The maximum atomic E-state index is 12.4. The van der Waals surface area contributed by atoms with Crippen LogP contribution in [0, 0.1) is 5.92 Å². The molecule has 2 N–H and O–H groups in total. The number of benzene rings is 1. The summed E-state index contributed by atoms with van der Waals surface area (Å²) in [6.07, 6.45) is -0.0353. The molecule has 4 amide bonds. The monoisotopic (exact) mass is 421 g/mol. The number of carbonyl (C=O) groups excluding carboxylic acids is 4. The summed E-state index contributed by atoms with van der Waals surface area (Å²) in [5, 5.41) is 4.43. The van der Waals surface area contributed by atoms with E-state index in [1.165, 1.54) is 12.0 Å². The Morgan fingerprint density at radius 3 is 2.73 bits per heavy atom. The number of fused-ring (bicyclic) bond motifs is 1. The van der Waals surface area contributed by atoms with Gasteiger partial charge < -0.3 is 29.2 Å². The number of anilines is 1. The predicted molar refractivity (Wildman–Crippen MR) is 102 cm³/mol. The molecule has 11 nitrogen and oxygen atoms in total. The summed E-state index contributed by atoms with van der Waals surface area (Å²) in [5.41, 5.74) is 0.588. The fraction of sp³-hybridized carbons (Fsp3) is 0.474. The number of hydrogen-bond donors (Lipinski definition) is 2. The van der Waals surface area contributed by atoms with Crippen LogP contribution in [0.3, 0.4) is 0 Å². The summed E-state index contributed by atoms with van der Waals surface area (Å²) in [6, 6.07) is 4.41. The zero-order chi connectivity index (χ0) is 21.5. The van der Waals surface area contributed by atoms with E-state index in [0.717, 1.165) is 0 Å². The number of urea groups is 1. The Balaban J connectivity index is 1.48. The van der Waals surface area contributed by atoms with Gasteiger partial charge in [0.25, 0.3) is 5.91 Å². The van der Waals surface area contributed by atoms with Crippen molar-refractivity contribution < 1.29 is 38.1 Å². The van der Waals surface area contributed by atoms with Gasteiger partial charge in [-0.25, -0.2) is 4.79 Å². The largest absolute Gasteiger partial charge is 0.486 e. The first kappa shape index (κ1) is 21.4. The molecule has 0 radical (unpaired) electrons. The van der Waals surface area contributed by atoms with E-state index >= 15 is 0 Å². The van der Waals surface area contributed by atoms with Gasteiger partial charge in [0.15, 0.2) is 18.1 Å². The van der Waals surface area contributed by atoms with Gasteiger partial charge in [-0.2, -0.15) is 0 Å². The summed E-state index contributed by atoms with van der Waals surface area (Å²) >= 11 is 0. The van der Waals surface area contributed by atoms with E-state index in [-0.39, 0.29) is 25.4 Å². The van der Waals surface area contributed by atoms with Gasteiger partial charge in [0.1, 0.15) is 13.2 Å². The Hall–Kier alpha value is -3.34. The molecule has 3 rings (SSSR count). The van der Waals surface area contributed by atoms with E-state index in [4.69, 9.17) is 18.9 Å². The smallest absolute Gasteiger partial charge is 0.321 e. The summed E-state index contributed by atoms with van der Waals surface area (Å²) in [5.74, 6) is -1.27. The standard InChI is InChI=1S/C19H23N3O8/c1-27-5-4-20-19(26)21-16(23)11-30-18(25)12-8-17(24)22(10-12)13-2-3-14-15(9-13)29-7-6-28-14/h2-3,9,12H,4-8,10-11H2,1H3,(H2,20,21,23,26). The zero-order valence-electron chi connectivity index (χ0n) is 16.5. The van der Waals surface area contributed by atoms with E-state index in [1.54, 1.807) is 18.2 Å². The summed E-state index contributed by atoms with van der Waals surface area (Å²) < 4.78 is 20.7. The molecule has 0 aliphatic carbocycles. The molecule has 2 aliphatic rings. The summed E-state index contributed by atoms with van der Waals surface area (Å²) in [6.45, 7) is 0.917. The van der Waals surface area contributed by atoms with Crippen molar-refractivity contribution in [1.29, 1.82) is 0 Å². The first-order valence-electron chi connectivity index (χ1n) is 9.41. The third-order valence-corrected chi connectivity index (χ3v) is 4.49. The first-order chi connectivity index (χ1) is 14.5. The molecule has 162 valence electrons. The molecule has 1 aromatic carbocycles. The fourth-order valence-corrected chi connectivity index (χ4v) is 3.04. The highest BCUT2D eigenvalue weighted by Gasteiger charge is 2.36. The molecule has 0 bridgehead atoms. The van der Waals surface area contributed by atoms with Gasteiger partial charge >= 0.3 is 12.0 Å². The maximum absolute atomic E-state index is 12.4. The highest BCUT2D eigenvalue weighted by atomic mass is 16.6. The van der Waals surface area contributed by atoms with Crippen LogP contribution < -0.4 is 25.0 Å². The minimum Gasteiger partial charge on any atom is -0.486 e. The lowest BCUT2D eigenvalue weighted by atomic mass is 10.1. The molecule has 30 heavy (non-hydrogen) atoms. The van der Waals surface area contributed by atoms with Crippen molar-refractivity contribution in [2.75, 3.05) is 51.5 Å². The second-order valence-electron chi connectivity index (χ2n) is 6.64. The van der Waals surface area contributed by atoms with Crippen molar-refractivity contribution in [2.24, 2.45) is 5.92 Å². The summed E-state index contributed by atoms with van der Waals surface area (Å²) in [4.78, 5) is 49.3. The molecule has 0 saturated carbocycles. The quantitative estimate of drug-likeness (QED) is 0.458. The normalized spacial score (nSPS) is 17.4. The van der Waals surface area contributed by atoms with Gasteiger partial charge in [0.05, 0.1) is 12.5 Å². The molecule has 1 atom stereocenters. The number of rotatable bonds is 7. The maximum Gasteiger partial charge on any atom is 0.321 e. The van der Waals surface area contributed by atoms with Crippen LogP contribution in [0.5, 0.6) is 11.5 Å². The van der Waals surface area contributed by atoms with Crippen molar-refractivity contribution in [3.63, 3.8) is 0 Å². The predicted octanol–water partition coefficient (Wildman–Crippen LogP) is -0.174. The second kappa shape index (κ2) is 9.92. The van der Waals surface area contributed by atoms with Crippen molar-refractivity contribution in [3.8, 4) is 11.5 Å². The number of imide groups is 1. The Labute approximate surface area is 172 Å². The molecule has 1 aromatic rings. The SMILES string of the molecule is COCCNC(=O)NC(=O)COC(=O)C1CC(=O)N(c2ccc3c(c2)OCCO3)C1. The first-order valence-corrected chi connectivity index (χ1v) is 9.41. The number of amides is 4. The van der Waals surface area contributed by atoms with Crippen LogP contribution in [0.25, 0.3) is 0 Å². The van der Waals surface area contributed by atoms with Crippen molar-refractivity contribution in [3.05, 3.63) is 18.2 Å². The van der Waals surface area contributed by atoms with E-state index in [2.05, 4.69) is 5.32 Å². The molecular formula is C19H23N3O8. The average molecular weight is 421 g/mol. The third kappa shape index (κ3) is 5.38. The second-order valence-corrected chi connectivity index (χ2v) is 6.64. The lowest BCUT2D eigenvalue weighted by Crippen LogP contribution is -2.42. The van der Waals surface area contributed by atoms with E-state index in [9.17, 15) is 19.2 Å². The van der Waals surface area contributed by atoms with Gasteiger partial charge in [0, 0.05) is 38.4 Å². The van der Waals surface area contributed by atoms with Gasteiger partial charge in [-0.3, -0.25) is 19.7 Å². The van der Waals surface area contributed by atoms with Crippen molar-refractivity contribution in [1.82, 2.24) is 10.6 Å². The average Bonchev–Trinajstić information content (AvgIpc) is 3.13. The molecule has 2 aliphatic heterocycles. The van der Waals surface area contributed by atoms with E-state index in [0.29, 0.717) is 37.0 Å². The van der Waals surface area contributed by atoms with Crippen LogP contribution in [0.15, 0.2) is 18.2 Å². The molecule has 11 heteroatoms. The number of hydrogen-bond acceptors (Lipinski definition) is 8. The Kier molecular flexibility index (Phi) is 7.07. The van der Waals surface area contributed by atoms with E-state index in [1.807, 2.05) is 5.32 Å². The van der Waals surface area contributed by atoms with Crippen LogP contribution in [0.1, 0.15) is 6.42 Å². The van der Waals surface area contributed by atoms with Gasteiger partial charge in [-0.05, 0) is 12.1 Å². The Bertz CT molecular complexity index is 828. The Morgan fingerprint density at radius 1 is 1.20 bits per heavy atom. The van der Waals surface area contributed by atoms with E-state index < -0.39 is 30.4 Å². The zero-order valence-corrected chi connectivity index (χ0v) is 16.5. The number of nitrogens with zero attached hydrogens (tertiary/aromatic N) is 1.